The number of rotatable bonds is 3. The van der Waals surface area contributed by atoms with Crippen LogP contribution in [0.4, 0.5) is 10.3 Å². The van der Waals surface area contributed by atoms with Crippen molar-refractivity contribution in [1.82, 2.24) is 9.97 Å². The first-order valence-electron chi connectivity index (χ1n) is 5.14. The van der Waals surface area contributed by atoms with Crippen molar-refractivity contribution in [2.24, 2.45) is 5.92 Å². The number of halogens is 1. The van der Waals surface area contributed by atoms with Crippen LogP contribution in [0, 0.1) is 11.7 Å². The van der Waals surface area contributed by atoms with Crippen LogP contribution in [-0.2, 0) is 0 Å². The highest BCUT2D eigenvalue weighted by Crippen LogP contribution is 2.22. The van der Waals surface area contributed by atoms with E-state index < -0.39 is 5.82 Å². The van der Waals surface area contributed by atoms with Crippen molar-refractivity contribution in [3.05, 3.63) is 18.2 Å². The molecule has 1 fully saturated rings. The first-order valence-corrected chi connectivity index (χ1v) is 6.29. The normalized spacial score (nSPS) is 21.3. The summed E-state index contributed by atoms with van der Waals surface area (Å²) < 4.78 is 12.5. The Kier molecular flexibility index (Phi) is 3.77. The molecule has 1 aliphatic heterocycles. The SMILES string of the molecule is Fc1cnc(NCC2CCCSC2)nc1. The van der Waals surface area contributed by atoms with Gasteiger partial charge in [0.25, 0.3) is 0 Å². The molecule has 0 radical (unpaired) electrons. The fourth-order valence-electron chi connectivity index (χ4n) is 1.61. The van der Waals surface area contributed by atoms with E-state index in [-0.39, 0.29) is 0 Å². The Bertz CT molecular complexity index is 298. The van der Waals surface area contributed by atoms with Crippen molar-refractivity contribution in [1.29, 1.82) is 0 Å². The molecule has 1 aliphatic rings. The average molecular weight is 227 g/mol. The Hall–Kier alpha value is -0.840. The zero-order valence-electron chi connectivity index (χ0n) is 8.45. The number of nitrogens with one attached hydrogen (secondary N) is 1. The van der Waals surface area contributed by atoms with Crippen LogP contribution >= 0.6 is 11.8 Å². The summed E-state index contributed by atoms with van der Waals surface area (Å²) in [6.07, 6.45) is 4.93. The van der Waals surface area contributed by atoms with E-state index in [2.05, 4.69) is 15.3 Å². The maximum Gasteiger partial charge on any atom is 0.222 e. The molecule has 15 heavy (non-hydrogen) atoms. The number of anilines is 1. The molecule has 1 atom stereocenters. The number of aromatic nitrogens is 2. The second-order valence-electron chi connectivity index (χ2n) is 3.69. The van der Waals surface area contributed by atoms with Crippen LogP contribution in [0.2, 0.25) is 0 Å². The second-order valence-corrected chi connectivity index (χ2v) is 4.84. The van der Waals surface area contributed by atoms with Crippen LogP contribution in [0.25, 0.3) is 0 Å². The molecule has 0 aliphatic carbocycles. The molecule has 3 nitrogen and oxygen atoms in total. The molecule has 0 spiro atoms. The van der Waals surface area contributed by atoms with Gasteiger partial charge in [-0.15, -0.1) is 0 Å². The second kappa shape index (κ2) is 5.30. The summed E-state index contributed by atoms with van der Waals surface area (Å²) in [6, 6.07) is 0. The van der Waals surface area contributed by atoms with Crippen LogP contribution in [0.15, 0.2) is 12.4 Å². The largest absolute Gasteiger partial charge is 0.354 e. The molecule has 5 heteroatoms. The lowest BCUT2D eigenvalue weighted by Crippen LogP contribution is -2.20. The van der Waals surface area contributed by atoms with Crippen LogP contribution in [0.5, 0.6) is 0 Å². The Labute approximate surface area is 92.9 Å². The quantitative estimate of drug-likeness (QED) is 0.858. The fraction of sp³-hybridized carbons (Fsp3) is 0.600. The van der Waals surface area contributed by atoms with E-state index in [0.29, 0.717) is 11.9 Å². The van der Waals surface area contributed by atoms with E-state index in [0.717, 1.165) is 6.54 Å². The minimum absolute atomic E-state index is 0.395. The summed E-state index contributed by atoms with van der Waals surface area (Å²) in [6.45, 7) is 0.888. The van der Waals surface area contributed by atoms with Gasteiger partial charge in [-0.25, -0.2) is 14.4 Å². The van der Waals surface area contributed by atoms with E-state index >= 15 is 0 Å². The zero-order valence-corrected chi connectivity index (χ0v) is 9.26. The van der Waals surface area contributed by atoms with E-state index in [9.17, 15) is 4.39 Å². The highest BCUT2D eigenvalue weighted by Gasteiger charge is 2.13. The molecule has 1 saturated heterocycles. The van der Waals surface area contributed by atoms with Gasteiger partial charge in [-0.3, -0.25) is 0 Å². The van der Waals surface area contributed by atoms with Crippen molar-refractivity contribution < 1.29 is 4.39 Å². The summed E-state index contributed by atoms with van der Waals surface area (Å²) in [5, 5.41) is 3.14. The standard InChI is InChI=1S/C10H14FN3S/c11-9-5-13-10(14-6-9)12-4-8-2-1-3-15-7-8/h5-6,8H,1-4,7H2,(H,12,13,14). The molecule has 82 valence electrons. The smallest absolute Gasteiger partial charge is 0.222 e. The molecule has 1 N–H and O–H groups in total. The fourth-order valence-corrected chi connectivity index (χ4v) is 2.76. The lowest BCUT2D eigenvalue weighted by Gasteiger charge is -2.21. The lowest BCUT2D eigenvalue weighted by molar-refractivity contribution is 0.546. The molecule has 0 saturated carbocycles. The molecule has 0 amide bonds. The monoisotopic (exact) mass is 227 g/mol. The molecule has 1 aromatic rings. The van der Waals surface area contributed by atoms with Gasteiger partial charge in [0.05, 0.1) is 12.4 Å². The Balaban J connectivity index is 1.79. The number of nitrogens with zero attached hydrogens (tertiary/aromatic N) is 2. The van der Waals surface area contributed by atoms with Gasteiger partial charge in [0.15, 0.2) is 5.82 Å². The summed E-state index contributed by atoms with van der Waals surface area (Å²) in [4.78, 5) is 7.72. The minimum Gasteiger partial charge on any atom is -0.354 e. The first kappa shape index (κ1) is 10.7. The van der Waals surface area contributed by atoms with Gasteiger partial charge >= 0.3 is 0 Å². The van der Waals surface area contributed by atoms with Gasteiger partial charge in [-0.2, -0.15) is 11.8 Å². The Morgan fingerprint density at radius 3 is 2.93 bits per heavy atom. The third-order valence-corrected chi connectivity index (χ3v) is 3.71. The van der Waals surface area contributed by atoms with Crippen LogP contribution in [0.3, 0.4) is 0 Å². The van der Waals surface area contributed by atoms with Crippen molar-refractivity contribution >= 4 is 17.7 Å². The van der Waals surface area contributed by atoms with Crippen molar-refractivity contribution in [2.75, 3.05) is 23.4 Å². The summed E-state index contributed by atoms with van der Waals surface area (Å²) >= 11 is 2.00. The summed E-state index contributed by atoms with van der Waals surface area (Å²) in [7, 11) is 0. The molecule has 2 heterocycles. The maximum atomic E-state index is 12.5. The van der Waals surface area contributed by atoms with Crippen LogP contribution in [0.1, 0.15) is 12.8 Å². The zero-order chi connectivity index (χ0) is 10.5. The molecule has 2 rings (SSSR count). The third kappa shape index (κ3) is 3.34. The van der Waals surface area contributed by atoms with E-state index in [1.54, 1.807) is 0 Å². The predicted molar refractivity (Wildman–Crippen MR) is 60.5 cm³/mol. The van der Waals surface area contributed by atoms with Gasteiger partial charge in [-0.05, 0) is 30.3 Å². The number of hydrogen-bond donors (Lipinski definition) is 1. The van der Waals surface area contributed by atoms with Crippen molar-refractivity contribution in [3.8, 4) is 0 Å². The third-order valence-electron chi connectivity index (χ3n) is 2.42. The van der Waals surface area contributed by atoms with Gasteiger partial charge < -0.3 is 5.32 Å². The maximum absolute atomic E-state index is 12.5. The molecule has 1 unspecified atom stereocenters. The molecule has 1 aromatic heterocycles. The Morgan fingerprint density at radius 1 is 1.47 bits per heavy atom. The summed E-state index contributed by atoms with van der Waals surface area (Å²) in [5.41, 5.74) is 0. The van der Waals surface area contributed by atoms with Gasteiger partial charge in [0, 0.05) is 6.54 Å². The highest BCUT2D eigenvalue weighted by molar-refractivity contribution is 7.99. The number of hydrogen-bond acceptors (Lipinski definition) is 4. The van der Waals surface area contributed by atoms with Crippen molar-refractivity contribution in [2.45, 2.75) is 12.8 Å². The topological polar surface area (TPSA) is 37.8 Å². The van der Waals surface area contributed by atoms with E-state index in [1.165, 1.54) is 36.7 Å². The summed E-state index contributed by atoms with van der Waals surface area (Å²) in [5.74, 6) is 3.30. The lowest BCUT2D eigenvalue weighted by atomic mass is 10.1. The average Bonchev–Trinajstić information content (AvgIpc) is 2.30. The molecular weight excluding hydrogens is 213 g/mol. The van der Waals surface area contributed by atoms with Crippen molar-refractivity contribution in [3.63, 3.8) is 0 Å². The highest BCUT2D eigenvalue weighted by atomic mass is 32.2. The molecule has 0 aromatic carbocycles. The van der Waals surface area contributed by atoms with Gasteiger partial charge in [-0.1, -0.05) is 0 Å². The minimum atomic E-state index is -0.395. The first-order chi connectivity index (χ1) is 7.34. The van der Waals surface area contributed by atoms with E-state index in [1.807, 2.05) is 11.8 Å². The van der Waals surface area contributed by atoms with Crippen LogP contribution < -0.4 is 5.32 Å². The van der Waals surface area contributed by atoms with Crippen LogP contribution in [-0.4, -0.2) is 28.0 Å². The molecular formula is C10H14FN3S. The van der Waals surface area contributed by atoms with Gasteiger partial charge in [0.1, 0.15) is 0 Å². The number of thioether (sulfide) groups is 1. The van der Waals surface area contributed by atoms with E-state index in [4.69, 9.17) is 0 Å². The van der Waals surface area contributed by atoms with Gasteiger partial charge in [0.2, 0.25) is 5.95 Å². The molecule has 0 bridgehead atoms. The predicted octanol–water partition coefficient (Wildman–Crippen LogP) is 2.17. The Morgan fingerprint density at radius 2 is 2.27 bits per heavy atom.